The summed E-state index contributed by atoms with van der Waals surface area (Å²) in [7, 11) is 0. The van der Waals surface area contributed by atoms with Gasteiger partial charge in [0.2, 0.25) is 5.91 Å². The zero-order chi connectivity index (χ0) is 12.8. The van der Waals surface area contributed by atoms with Gasteiger partial charge in [0.05, 0.1) is 12.5 Å². The van der Waals surface area contributed by atoms with E-state index in [0.717, 1.165) is 0 Å². The van der Waals surface area contributed by atoms with Crippen LogP contribution in [0.2, 0.25) is 0 Å². The lowest BCUT2D eigenvalue weighted by molar-refractivity contribution is -0.156. The number of esters is 1. The molecule has 0 aliphatic carbocycles. The lowest BCUT2D eigenvalue weighted by Crippen LogP contribution is -2.37. The SMILES string of the molecule is CCOC(=O)[C@H](O)[C@@H](C(N)=O)c1ccccc1. The summed E-state index contributed by atoms with van der Waals surface area (Å²) >= 11 is 0. The Morgan fingerprint density at radius 2 is 1.94 bits per heavy atom. The molecule has 5 heteroatoms. The van der Waals surface area contributed by atoms with Gasteiger partial charge in [-0.3, -0.25) is 4.79 Å². The Labute approximate surface area is 99.2 Å². The normalized spacial score (nSPS) is 13.8. The van der Waals surface area contributed by atoms with Crippen LogP contribution in [0.1, 0.15) is 18.4 Å². The van der Waals surface area contributed by atoms with Gasteiger partial charge in [-0.2, -0.15) is 0 Å². The topological polar surface area (TPSA) is 89.6 Å². The van der Waals surface area contributed by atoms with Crippen LogP contribution in [0.25, 0.3) is 0 Å². The first kappa shape index (κ1) is 13.2. The highest BCUT2D eigenvalue weighted by atomic mass is 16.5. The van der Waals surface area contributed by atoms with Gasteiger partial charge in [-0.25, -0.2) is 4.79 Å². The van der Waals surface area contributed by atoms with Crippen LogP contribution in [0.15, 0.2) is 30.3 Å². The number of rotatable bonds is 5. The van der Waals surface area contributed by atoms with Gasteiger partial charge in [0, 0.05) is 0 Å². The second kappa shape index (κ2) is 6.00. The number of amides is 1. The number of benzene rings is 1. The molecule has 0 heterocycles. The molecule has 2 atom stereocenters. The molecule has 0 aliphatic heterocycles. The van der Waals surface area contributed by atoms with E-state index >= 15 is 0 Å². The van der Waals surface area contributed by atoms with Gasteiger partial charge in [0.25, 0.3) is 0 Å². The molecule has 92 valence electrons. The molecule has 0 aromatic heterocycles. The molecule has 1 aromatic rings. The van der Waals surface area contributed by atoms with Crippen LogP contribution in [-0.2, 0) is 14.3 Å². The van der Waals surface area contributed by atoms with Crippen molar-refractivity contribution in [2.45, 2.75) is 18.9 Å². The lowest BCUT2D eigenvalue weighted by atomic mass is 9.93. The molecule has 0 spiro atoms. The molecule has 5 nitrogen and oxygen atoms in total. The van der Waals surface area contributed by atoms with E-state index in [1.54, 1.807) is 37.3 Å². The number of aliphatic hydroxyl groups excluding tert-OH is 1. The van der Waals surface area contributed by atoms with Crippen LogP contribution in [-0.4, -0.2) is 29.7 Å². The van der Waals surface area contributed by atoms with E-state index in [1.165, 1.54) is 0 Å². The third kappa shape index (κ3) is 3.29. The van der Waals surface area contributed by atoms with E-state index in [1.807, 2.05) is 0 Å². The minimum Gasteiger partial charge on any atom is -0.464 e. The summed E-state index contributed by atoms with van der Waals surface area (Å²) in [6.07, 6.45) is -1.57. The van der Waals surface area contributed by atoms with Crippen molar-refractivity contribution in [1.82, 2.24) is 0 Å². The average Bonchev–Trinajstić information content (AvgIpc) is 2.30. The number of hydrogen-bond donors (Lipinski definition) is 2. The molecule has 17 heavy (non-hydrogen) atoms. The van der Waals surface area contributed by atoms with Gasteiger partial charge in [-0.15, -0.1) is 0 Å². The van der Waals surface area contributed by atoms with E-state index in [2.05, 4.69) is 4.74 Å². The molecule has 0 saturated carbocycles. The van der Waals surface area contributed by atoms with Gasteiger partial charge in [-0.1, -0.05) is 30.3 Å². The van der Waals surface area contributed by atoms with Crippen LogP contribution >= 0.6 is 0 Å². The Hall–Kier alpha value is -1.88. The lowest BCUT2D eigenvalue weighted by Gasteiger charge is -2.18. The molecule has 0 bridgehead atoms. The van der Waals surface area contributed by atoms with E-state index in [4.69, 9.17) is 5.73 Å². The maximum atomic E-state index is 11.4. The number of ether oxygens (including phenoxy) is 1. The Morgan fingerprint density at radius 3 is 2.41 bits per heavy atom. The van der Waals surface area contributed by atoms with Crippen molar-refractivity contribution in [3.8, 4) is 0 Å². The molecule has 1 aromatic carbocycles. The first-order valence-electron chi connectivity index (χ1n) is 5.27. The molecule has 0 unspecified atom stereocenters. The smallest absolute Gasteiger partial charge is 0.336 e. The Morgan fingerprint density at radius 1 is 1.35 bits per heavy atom. The van der Waals surface area contributed by atoms with Gasteiger partial charge in [-0.05, 0) is 12.5 Å². The maximum absolute atomic E-state index is 11.4. The number of nitrogens with two attached hydrogens (primary N) is 1. The Balaban J connectivity index is 2.94. The van der Waals surface area contributed by atoms with E-state index in [-0.39, 0.29) is 6.61 Å². The second-order valence-corrected chi connectivity index (χ2v) is 3.49. The monoisotopic (exact) mass is 237 g/mol. The van der Waals surface area contributed by atoms with Crippen LogP contribution in [0, 0.1) is 0 Å². The molecule has 0 radical (unpaired) electrons. The van der Waals surface area contributed by atoms with Crippen molar-refractivity contribution in [2.75, 3.05) is 6.61 Å². The van der Waals surface area contributed by atoms with Crippen LogP contribution < -0.4 is 5.73 Å². The predicted molar refractivity (Wildman–Crippen MR) is 61.0 cm³/mol. The molecular formula is C12H15NO4. The summed E-state index contributed by atoms with van der Waals surface area (Å²) in [5.41, 5.74) is 5.68. The predicted octanol–water partition coefficient (Wildman–Crippen LogP) is 0.179. The van der Waals surface area contributed by atoms with Crippen LogP contribution in [0.5, 0.6) is 0 Å². The van der Waals surface area contributed by atoms with Crippen molar-refractivity contribution in [2.24, 2.45) is 5.73 Å². The largest absolute Gasteiger partial charge is 0.464 e. The van der Waals surface area contributed by atoms with E-state index in [0.29, 0.717) is 5.56 Å². The zero-order valence-corrected chi connectivity index (χ0v) is 9.50. The third-order valence-electron chi connectivity index (χ3n) is 2.31. The van der Waals surface area contributed by atoms with Crippen molar-refractivity contribution >= 4 is 11.9 Å². The van der Waals surface area contributed by atoms with Crippen LogP contribution in [0.3, 0.4) is 0 Å². The highest BCUT2D eigenvalue weighted by Crippen LogP contribution is 2.20. The highest BCUT2D eigenvalue weighted by molar-refractivity contribution is 5.89. The molecule has 0 fully saturated rings. The number of carbonyl (C=O) groups excluding carboxylic acids is 2. The standard InChI is InChI=1S/C12H15NO4/c1-2-17-12(16)10(14)9(11(13)15)8-6-4-3-5-7-8/h3-7,9-10,14H,2H2,1H3,(H2,13,15)/t9-,10+/m0/s1. The molecule has 0 aliphatic rings. The Kier molecular flexibility index (Phi) is 4.66. The number of carbonyl (C=O) groups is 2. The molecule has 3 N–H and O–H groups in total. The van der Waals surface area contributed by atoms with Crippen molar-refractivity contribution in [1.29, 1.82) is 0 Å². The zero-order valence-electron chi connectivity index (χ0n) is 9.50. The molecule has 0 saturated heterocycles. The van der Waals surface area contributed by atoms with E-state index in [9.17, 15) is 14.7 Å². The van der Waals surface area contributed by atoms with Gasteiger partial charge < -0.3 is 15.6 Å². The van der Waals surface area contributed by atoms with Crippen molar-refractivity contribution in [3.05, 3.63) is 35.9 Å². The van der Waals surface area contributed by atoms with Crippen molar-refractivity contribution in [3.63, 3.8) is 0 Å². The first-order valence-corrected chi connectivity index (χ1v) is 5.27. The second-order valence-electron chi connectivity index (χ2n) is 3.49. The van der Waals surface area contributed by atoms with Gasteiger partial charge >= 0.3 is 5.97 Å². The van der Waals surface area contributed by atoms with Crippen molar-refractivity contribution < 1.29 is 19.4 Å². The summed E-state index contributed by atoms with van der Waals surface area (Å²) in [5.74, 6) is -2.70. The fourth-order valence-corrected chi connectivity index (χ4v) is 1.53. The van der Waals surface area contributed by atoms with Crippen LogP contribution in [0.4, 0.5) is 0 Å². The van der Waals surface area contributed by atoms with Gasteiger partial charge in [0.15, 0.2) is 6.10 Å². The maximum Gasteiger partial charge on any atom is 0.336 e. The fraction of sp³-hybridized carbons (Fsp3) is 0.333. The summed E-state index contributed by atoms with van der Waals surface area (Å²) in [5, 5.41) is 9.76. The number of hydrogen-bond acceptors (Lipinski definition) is 4. The van der Waals surface area contributed by atoms with Gasteiger partial charge in [0.1, 0.15) is 0 Å². The number of primary amides is 1. The third-order valence-corrected chi connectivity index (χ3v) is 2.31. The number of aliphatic hydroxyl groups is 1. The minimum absolute atomic E-state index is 0.135. The summed E-state index contributed by atoms with van der Waals surface area (Å²) < 4.78 is 4.66. The molecule has 1 amide bonds. The summed E-state index contributed by atoms with van der Waals surface area (Å²) in [6.45, 7) is 1.75. The molecule has 1 rings (SSSR count). The Bertz CT molecular complexity index is 391. The fourth-order valence-electron chi connectivity index (χ4n) is 1.53. The summed E-state index contributed by atoms with van der Waals surface area (Å²) in [4.78, 5) is 22.7. The average molecular weight is 237 g/mol. The quantitative estimate of drug-likeness (QED) is 0.715. The molecular weight excluding hydrogens is 222 g/mol. The minimum atomic E-state index is -1.57. The highest BCUT2D eigenvalue weighted by Gasteiger charge is 2.32. The summed E-state index contributed by atoms with van der Waals surface area (Å²) in [6, 6.07) is 8.40. The first-order chi connectivity index (χ1) is 8.07. The van der Waals surface area contributed by atoms with E-state index < -0.39 is 23.9 Å².